The van der Waals surface area contributed by atoms with Crippen LogP contribution in [0.5, 0.6) is 0 Å². The smallest absolute Gasteiger partial charge is 0.399 e. The van der Waals surface area contributed by atoms with Crippen LogP contribution in [0.1, 0.15) is 17.7 Å². The Labute approximate surface area is 162 Å². The van der Waals surface area contributed by atoms with Crippen LogP contribution in [0.4, 0.5) is 30.7 Å². The number of nitrogens with one attached hydrogen (secondary N) is 1. The van der Waals surface area contributed by atoms with E-state index in [1.807, 2.05) is 0 Å². The van der Waals surface area contributed by atoms with Crippen molar-refractivity contribution in [3.8, 4) is 0 Å². The van der Waals surface area contributed by atoms with Crippen LogP contribution >= 0.6 is 11.6 Å². The molecule has 0 fully saturated rings. The van der Waals surface area contributed by atoms with E-state index in [1.54, 1.807) is 0 Å². The summed E-state index contributed by atoms with van der Waals surface area (Å²) in [5, 5.41) is -0.175. The fourth-order valence-corrected chi connectivity index (χ4v) is 5.49. The molecule has 0 radical (unpaired) electrons. The Hall–Kier alpha value is -1.26. The molecule has 1 heterocycles. The fourth-order valence-electron chi connectivity index (χ4n) is 3.91. The molecule has 1 aliphatic carbocycles. The van der Waals surface area contributed by atoms with E-state index in [1.165, 1.54) is 19.6 Å². The number of alkyl halides is 6. The minimum atomic E-state index is -5.37. The van der Waals surface area contributed by atoms with Crippen molar-refractivity contribution in [3.05, 3.63) is 34.2 Å². The molecule has 11 heteroatoms. The average Bonchev–Trinajstić information content (AvgIpc) is 2.83. The third-order valence-corrected chi connectivity index (χ3v) is 5.99. The van der Waals surface area contributed by atoms with Crippen molar-refractivity contribution in [2.75, 3.05) is 0 Å². The first-order valence-corrected chi connectivity index (χ1v) is 12.2. The third kappa shape index (κ3) is 3.33. The lowest BCUT2D eigenvalue weighted by Crippen LogP contribution is -2.60. The van der Waals surface area contributed by atoms with Gasteiger partial charge in [0.15, 0.2) is 8.32 Å². The number of hydrogen-bond donors (Lipinski definition) is 1. The van der Waals surface area contributed by atoms with Gasteiger partial charge in [-0.1, -0.05) is 11.6 Å². The number of aryl methyl sites for hydroxylation is 1. The number of benzene rings is 1. The molecule has 2 atom stereocenters. The summed E-state index contributed by atoms with van der Waals surface area (Å²) >= 11 is 5.94. The zero-order valence-electron chi connectivity index (χ0n) is 15.1. The standard InChI is InChI=1S/C17H17ClF7NOSi/c1-28(2,3)27-15(17(23,24)25)12(16(20,21)22)5-4-9-10-6-8(19)7-11(18)13(10)26-14(9)15/h6-7,12,26H,4-5H2,1-3H3. The predicted molar refractivity (Wildman–Crippen MR) is 93.3 cm³/mol. The molecule has 0 spiro atoms. The first-order valence-electron chi connectivity index (χ1n) is 8.41. The van der Waals surface area contributed by atoms with Gasteiger partial charge in [-0.15, -0.1) is 0 Å². The lowest BCUT2D eigenvalue weighted by Gasteiger charge is -2.48. The van der Waals surface area contributed by atoms with Gasteiger partial charge in [0.2, 0.25) is 5.60 Å². The van der Waals surface area contributed by atoms with Crippen molar-refractivity contribution in [3.63, 3.8) is 0 Å². The summed E-state index contributed by atoms with van der Waals surface area (Å²) in [5.41, 5.74) is -4.43. The van der Waals surface area contributed by atoms with Gasteiger partial charge in [0.1, 0.15) is 5.82 Å². The van der Waals surface area contributed by atoms with E-state index in [0.29, 0.717) is 0 Å². The lowest BCUT2D eigenvalue weighted by molar-refractivity contribution is -0.330. The number of H-pyrrole nitrogens is 1. The molecule has 0 saturated heterocycles. The van der Waals surface area contributed by atoms with E-state index in [4.69, 9.17) is 16.0 Å². The van der Waals surface area contributed by atoms with Gasteiger partial charge in [0.25, 0.3) is 0 Å². The van der Waals surface area contributed by atoms with Crippen LogP contribution < -0.4 is 0 Å². The first-order chi connectivity index (χ1) is 12.6. The fraction of sp³-hybridized carbons (Fsp3) is 0.529. The zero-order valence-corrected chi connectivity index (χ0v) is 16.8. The van der Waals surface area contributed by atoms with Crippen LogP contribution in [-0.4, -0.2) is 25.7 Å². The Morgan fingerprint density at radius 1 is 1.14 bits per heavy atom. The summed E-state index contributed by atoms with van der Waals surface area (Å²) in [6.07, 6.45) is -11.7. The highest BCUT2D eigenvalue weighted by atomic mass is 35.5. The lowest BCUT2D eigenvalue weighted by atomic mass is 9.73. The number of aromatic nitrogens is 1. The van der Waals surface area contributed by atoms with Crippen molar-refractivity contribution in [2.45, 2.75) is 50.4 Å². The number of fused-ring (bicyclic) bond motifs is 3. The van der Waals surface area contributed by atoms with Crippen molar-refractivity contribution < 1.29 is 35.2 Å². The van der Waals surface area contributed by atoms with Crippen LogP contribution in [0.3, 0.4) is 0 Å². The van der Waals surface area contributed by atoms with Gasteiger partial charge in [0.05, 0.1) is 22.2 Å². The Morgan fingerprint density at radius 3 is 2.25 bits per heavy atom. The highest BCUT2D eigenvalue weighted by Crippen LogP contribution is 2.59. The van der Waals surface area contributed by atoms with Gasteiger partial charge in [-0.3, -0.25) is 0 Å². The molecule has 156 valence electrons. The monoisotopic (exact) mass is 447 g/mol. The van der Waals surface area contributed by atoms with Crippen molar-refractivity contribution in [1.29, 1.82) is 0 Å². The first kappa shape index (κ1) is 21.4. The Kier molecular flexibility index (Phi) is 4.88. The molecule has 0 aliphatic heterocycles. The molecular formula is C17H17ClF7NOSi. The predicted octanol–water partition coefficient (Wildman–Crippen LogP) is 6.69. The van der Waals surface area contributed by atoms with Gasteiger partial charge in [-0.05, 0) is 50.2 Å². The van der Waals surface area contributed by atoms with Crippen molar-refractivity contribution in [2.24, 2.45) is 5.92 Å². The van der Waals surface area contributed by atoms with Crippen LogP contribution in [0.25, 0.3) is 10.9 Å². The van der Waals surface area contributed by atoms with Gasteiger partial charge in [-0.2, -0.15) is 26.3 Å². The summed E-state index contributed by atoms with van der Waals surface area (Å²) in [6, 6.07) is 1.86. The molecule has 2 nitrogen and oxygen atoms in total. The number of rotatable bonds is 2. The Morgan fingerprint density at radius 2 is 1.75 bits per heavy atom. The summed E-state index contributed by atoms with van der Waals surface area (Å²) in [5.74, 6) is -3.59. The molecule has 1 N–H and O–H groups in total. The third-order valence-electron chi connectivity index (χ3n) is 4.76. The maximum absolute atomic E-state index is 14.4. The zero-order chi connectivity index (χ0) is 21.3. The minimum absolute atomic E-state index is 0.0356. The second-order valence-corrected chi connectivity index (χ2v) is 12.7. The van der Waals surface area contributed by atoms with Crippen LogP contribution in [0, 0.1) is 11.7 Å². The Balaban J connectivity index is 2.43. The molecule has 3 rings (SSSR count). The quantitative estimate of drug-likeness (QED) is 0.402. The molecule has 1 aromatic carbocycles. The number of aromatic amines is 1. The summed E-state index contributed by atoms with van der Waals surface area (Å²) in [7, 11) is -3.14. The second kappa shape index (κ2) is 6.37. The van der Waals surface area contributed by atoms with Gasteiger partial charge >= 0.3 is 12.4 Å². The molecule has 1 aliphatic rings. The maximum atomic E-state index is 14.4. The second-order valence-electron chi connectivity index (χ2n) is 7.87. The Bertz CT molecular complexity index is 915. The molecule has 0 saturated carbocycles. The molecule has 0 amide bonds. The average molecular weight is 448 g/mol. The minimum Gasteiger partial charge on any atom is -0.399 e. The molecule has 28 heavy (non-hydrogen) atoms. The topological polar surface area (TPSA) is 25.0 Å². The van der Waals surface area contributed by atoms with Crippen LogP contribution in [0.15, 0.2) is 12.1 Å². The molecule has 2 unspecified atom stereocenters. The SMILES string of the molecule is C[Si](C)(C)OC1(C(F)(F)F)c2[nH]c3c(Cl)cc(F)cc3c2CCC1C(F)(F)F. The number of halogens is 8. The van der Waals surface area contributed by atoms with Crippen LogP contribution in [0.2, 0.25) is 24.7 Å². The molecule has 2 aromatic rings. The largest absolute Gasteiger partial charge is 0.422 e. The summed E-state index contributed by atoms with van der Waals surface area (Å²) in [6.45, 7) is 4.16. The van der Waals surface area contributed by atoms with E-state index in [-0.39, 0.29) is 27.9 Å². The summed E-state index contributed by atoms with van der Waals surface area (Å²) in [4.78, 5) is 2.41. The van der Waals surface area contributed by atoms with E-state index >= 15 is 0 Å². The number of hydrogen-bond acceptors (Lipinski definition) is 1. The van der Waals surface area contributed by atoms with Crippen LogP contribution in [-0.2, 0) is 16.4 Å². The van der Waals surface area contributed by atoms with Gasteiger partial charge in [0, 0.05) is 5.39 Å². The van der Waals surface area contributed by atoms with Crippen molar-refractivity contribution >= 4 is 30.8 Å². The van der Waals surface area contributed by atoms with E-state index in [9.17, 15) is 30.7 Å². The molecule has 1 aromatic heterocycles. The van der Waals surface area contributed by atoms with E-state index in [2.05, 4.69) is 4.98 Å². The van der Waals surface area contributed by atoms with E-state index < -0.39 is 50.1 Å². The molecular weight excluding hydrogens is 431 g/mol. The normalized spacial score (nSPS) is 23.9. The summed E-state index contributed by atoms with van der Waals surface area (Å²) < 4.78 is 104. The maximum Gasteiger partial charge on any atom is 0.422 e. The highest BCUT2D eigenvalue weighted by Gasteiger charge is 2.71. The molecule has 0 bridgehead atoms. The van der Waals surface area contributed by atoms with Gasteiger partial charge < -0.3 is 9.41 Å². The van der Waals surface area contributed by atoms with Crippen molar-refractivity contribution in [1.82, 2.24) is 4.98 Å². The highest BCUT2D eigenvalue weighted by molar-refractivity contribution is 6.69. The van der Waals surface area contributed by atoms with Gasteiger partial charge in [-0.25, -0.2) is 4.39 Å². The van der Waals surface area contributed by atoms with E-state index in [0.717, 1.165) is 12.1 Å².